The van der Waals surface area contributed by atoms with Gasteiger partial charge >= 0.3 is 0 Å². The lowest BCUT2D eigenvalue weighted by Gasteiger charge is -2.06. The molecule has 0 aliphatic carbocycles. The molecule has 0 saturated heterocycles. The molecule has 0 radical (unpaired) electrons. The molecule has 0 atom stereocenters. The number of nitro benzene ring substituents is 1. The molecule has 10 heteroatoms. The Kier molecular flexibility index (Phi) is 6.76. The number of rotatable bonds is 3. The van der Waals surface area contributed by atoms with Gasteiger partial charge in [-0.1, -0.05) is 18.2 Å². The molecule has 3 aromatic carbocycles. The van der Waals surface area contributed by atoms with Crippen LogP contribution in [0.1, 0.15) is 13.8 Å². The number of carbonyl (C=O) groups is 2. The van der Waals surface area contributed by atoms with Gasteiger partial charge in [-0.15, -0.1) is 0 Å². The number of benzene rings is 3. The van der Waals surface area contributed by atoms with E-state index in [2.05, 4.69) is 10.6 Å². The van der Waals surface area contributed by atoms with Crippen LogP contribution in [0.2, 0.25) is 0 Å². The molecule has 3 aromatic rings. The second-order valence-corrected chi connectivity index (χ2v) is 6.26. The van der Waals surface area contributed by atoms with E-state index < -0.39 is 10.8 Å². The maximum Gasteiger partial charge on any atom is 0.273 e. The second-order valence-electron chi connectivity index (χ2n) is 6.26. The standard InChI is InChI=1S/C12H11NO2.C8H9N3O4/c1-8(14)13-12-4-2-3-9-5-6-10(15)7-11(9)12;1-4(12)10-7-3-5(11(14)15)2-6(9)8(7)13/h2-7,15H,1H3,(H,13,14);2-3,13H,9H2,1H3,(H,10,12). The Morgan fingerprint density at radius 3 is 2.20 bits per heavy atom. The van der Waals surface area contributed by atoms with Crippen LogP contribution in [0.4, 0.5) is 22.7 Å². The number of nitro groups is 1. The summed E-state index contributed by atoms with van der Waals surface area (Å²) in [5, 5.41) is 36.0. The molecule has 0 spiro atoms. The maximum atomic E-state index is 11.0. The number of nitrogens with two attached hydrogens (primary N) is 1. The topological polar surface area (TPSA) is 168 Å². The monoisotopic (exact) mass is 412 g/mol. The van der Waals surface area contributed by atoms with Crippen molar-refractivity contribution in [2.45, 2.75) is 13.8 Å². The van der Waals surface area contributed by atoms with Crippen molar-refractivity contribution in [3.63, 3.8) is 0 Å². The van der Waals surface area contributed by atoms with Crippen molar-refractivity contribution < 1.29 is 24.7 Å². The number of phenols is 2. The number of fused-ring (bicyclic) bond motifs is 1. The molecule has 0 aliphatic heterocycles. The minimum atomic E-state index is -0.666. The maximum absolute atomic E-state index is 11.0. The third-order valence-corrected chi connectivity index (χ3v) is 3.82. The number of nitrogen functional groups attached to an aromatic ring is 1. The van der Waals surface area contributed by atoms with Crippen molar-refractivity contribution in [2.75, 3.05) is 16.4 Å². The van der Waals surface area contributed by atoms with Crippen LogP contribution in [-0.2, 0) is 9.59 Å². The summed E-state index contributed by atoms with van der Waals surface area (Å²) in [6.07, 6.45) is 0. The fourth-order valence-electron chi connectivity index (χ4n) is 2.59. The average Bonchev–Trinajstić information content (AvgIpc) is 2.65. The zero-order valence-corrected chi connectivity index (χ0v) is 16.2. The number of non-ortho nitro benzene ring substituents is 1. The summed E-state index contributed by atoms with van der Waals surface area (Å²) in [6, 6.07) is 12.7. The van der Waals surface area contributed by atoms with Gasteiger partial charge in [-0.25, -0.2) is 0 Å². The molecule has 156 valence electrons. The second kappa shape index (κ2) is 9.24. The smallest absolute Gasteiger partial charge is 0.273 e. The van der Waals surface area contributed by atoms with Gasteiger partial charge in [0, 0.05) is 37.1 Å². The first-order valence-electron chi connectivity index (χ1n) is 8.62. The van der Waals surface area contributed by atoms with Crippen molar-refractivity contribution in [1.82, 2.24) is 0 Å². The van der Waals surface area contributed by atoms with Crippen LogP contribution in [0, 0.1) is 10.1 Å². The highest BCUT2D eigenvalue weighted by atomic mass is 16.6. The van der Waals surface area contributed by atoms with E-state index in [4.69, 9.17) is 5.73 Å². The highest BCUT2D eigenvalue weighted by Gasteiger charge is 2.14. The number of hydrogen-bond donors (Lipinski definition) is 5. The van der Waals surface area contributed by atoms with E-state index in [0.717, 1.165) is 28.6 Å². The lowest BCUT2D eigenvalue weighted by atomic mass is 10.1. The van der Waals surface area contributed by atoms with Crippen LogP contribution in [-0.4, -0.2) is 27.0 Å². The molecule has 0 saturated carbocycles. The molecular weight excluding hydrogens is 392 g/mol. The first kappa shape index (κ1) is 22.0. The SMILES string of the molecule is CC(=O)Nc1cc([N+](=O)[O-])cc(N)c1O.CC(=O)Nc1cccc2ccc(O)cc12. The van der Waals surface area contributed by atoms with Crippen LogP contribution < -0.4 is 16.4 Å². The zero-order chi connectivity index (χ0) is 22.4. The lowest BCUT2D eigenvalue weighted by molar-refractivity contribution is -0.384. The number of nitrogens with one attached hydrogen (secondary N) is 2. The number of anilines is 3. The summed E-state index contributed by atoms with van der Waals surface area (Å²) in [4.78, 5) is 31.5. The number of carbonyl (C=O) groups excluding carboxylic acids is 2. The molecule has 30 heavy (non-hydrogen) atoms. The fraction of sp³-hybridized carbons (Fsp3) is 0.100. The summed E-state index contributed by atoms with van der Waals surface area (Å²) in [7, 11) is 0. The van der Waals surface area contributed by atoms with Gasteiger partial charge in [-0.2, -0.15) is 0 Å². The van der Waals surface area contributed by atoms with Crippen LogP contribution in [0.15, 0.2) is 48.5 Å². The van der Waals surface area contributed by atoms with Gasteiger partial charge in [0.15, 0.2) is 5.75 Å². The third-order valence-electron chi connectivity index (χ3n) is 3.82. The van der Waals surface area contributed by atoms with Crippen molar-refractivity contribution in [3.05, 3.63) is 58.6 Å². The predicted molar refractivity (Wildman–Crippen MR) is 113 cm³/mol. The Morgan fingerprint density at radius 1 is 0.967 bits per heavy atom. The van der Waals surface area contributed by atoms with Gasteiger partial charge in [0.25, 0.3) is 5.69 Å². The summed E-state index contributed by atoms with van der Waals surface area (Å²) >= 11 is 0. The Hall–Kier alpha value is -4.34. The molecule has 2 amide bonds. The van der Waals surface area contributed by atoms with Crippen LogP contribution in [0.5, 0.6) is 11.5 Å². The van der Waals surface area contributed by atoms with Gasteiger partial charge in [-0.05, 0) is 23.6 Å². The number of amides is 2. The van der Waals surface area contributed by atoms with Gasteiger partial charge in [0.2, 0.25) is 11.8 Å². The molecule has 0 heterocycles. The van der Waals surface area contributed by atoms with Crippen molar-refractivity contribution >= 4 is 45.3 Å². The summed E-state index contributed by atoms with van der Waals surface area (Å²) in [5.41, 5.74) is 5.52. The van der Waals surface area contributed by atoms with E-state index in [1.54, 1.807) is 12.1 Å². The Balaban J connectivity index is 0.000000214. The van der Waals surface area contributed by atoms with Gasteiger partial charge < -0.3 is 26.6 Å². The minimum Gasteiger partial charge on any atom is -0.508 e. The van der Waals surface area contributed by atoms with Gasteiger partial charge in [0.1, 0.15) is 5.75 Å². The van der Waals surface area contributed by atoms with E-state index >= 15 is 0 Å². The van der Waals surface area contributed by atoms with E-state index in [1.165, 1.54) is 13.8 Å². The molecule has 6 N–H and O–H groups in total. The quantitative estimate of drug-likeness (QED) is 0.190. The van der Waals surface area contributed by atoms with Crippen LogP contribution >= 0.6 is 0 Å². The largest absolute Gasteiger partial charge is 0.508 e. The molecule has 0 bridgehead atoms. The minimum absolute atomic E-state index is 0.0748. The van der Waals surface area contributed by atoms with E-state index in [0.29, 0.717) is 0 Å². The van der Waals surface area contributed by atoms with Crippen LogP contribution in [0.25, 0.3) is 10.8 Å². The molecule has 0 unspecified atom stereocenters. The summed E-state index contributed by atoms with van der Waals surface area (Å²) < 4.78 is 0. The van der Waals surface area contributed by atoms with E-state index in [-0.39, 0.29) is 34.5 Å². The average molecular weight is 412 g/mol. The van der Waals surface area contributed by atoms with E-state index in [1.807, 2.05) is 24.3 Å². The van der Waals surface area contributed by atoms with Crippen molar-refractivity contribution in [2.24, 2.45) is 0 Å². The van der Waals surface area contributed by atoms with Crippen LogP contribution in [0.3, 0.4) is 0 Å². The normalized spacial score (nSPS) is 9.93. The van der Waals surface area contributed by atoms with Crippen molar-refractivity contribution in [1.29, 1.82) is 0 Å². The number of hydrogen-bond acceptors (Lipinski definition) is 7. The Bertz CT molecular complexity index is 1130. The Labute approximate surface area is 171 Å². The van der Waals surface area contributed by atoms with Gasteiger partial charge in [0.05, 0.1) is 16.3 Å². The highest BCUT2D eigenvalue weighted by molar-refractivity contribution is 6.01. The molecule has 10 nitrogen and oxygen atoms in total. The molecule has 0 aliphatic rings. The third kappa shape index (κ3) is 5.58. The number of aromatic hydroxyl groups is 2. The first-order valence-corrected chi connectivity index (χ1v) is 8.62. The fourth-order valence-corrected chi connectivity index (χ4v) is 2.59. The summed E-state index contributed by atoms with van der Waals surface area (Å²) in [5.74, 6) is -0.757. The van der Waals surface area contributed by atoms with Gasteiger partial charge in [-0.3, -0.25) is 19.7 Å². The van der Waals surface area contributed by atoms with Crippen molar-refractivity contribution in [3.8, 4) is 11.5 Å². The highest BCUT2D eigenvalue weighted by Crippen LogP contribution is 2.34. The van der Waals surface area contributed by atoms with E-state index in [9.17, 15) is 29.9 Å². The first-order chi connectivity index (χ1) is 14.1. The lowest BCUT2D eigenvalue weighted by Crippen LogP contribution is -2.07. The molecule has 0 fully saturated rings. The predicted octanol–water partition coefficient (Wildman–Crippen LogP) is 3.34. The molecule has 3 rings (SSSR count). The number of nitrogens with zero attached hydrogens (tertiary/aromatic N) is 1. The Morgan fingerprint density at radius 2 is 1.60 bits per heavy atom. The molecule has 0 aromatic heterocycles. The zero-order valence-electron chi connectivity index (χ0n) is 16.2. The molecular formula is C20H20N4O6. The number of phenolic OH excluding ortho intramolecular Hbond substituents is 2. The summed E-state index contributed by atoms with van der Waals surface area (Å²) in [6.45, 7) is 2.68.